The number of aromatic amines is 1. The molecular formula is C20H21Cl2N5O4S. The summed E-state index contributed by atoms with van der Waals surface area (Å²) in [6.45, 7) is 4.53. The lowest BCUT2D eigenvalue weighted by molar-refractivity contribution is -0.133. The van der Waals surface area contributed by atoms with E-state index >= 15 is 0 Å². The molecule has 1 unspecified atom stereocenters. The van der Waals surface area contributed by atoms with E-state index in [9.17, 15) is 19.5 Å². The summed E-state index contributed by atoms with van der Waals surface area (Å²) in [5.41, 5.74) is 1.23. The Bertz CT molecular complexity index is 1120. The van der Waals surface area contributed by atoms with Crippen molar-refractivity contribution < 1.29 is 19.5 Å². The summed E-state index contributed by atoms with van der Waals surface area (Å²) < 4.78 is 0. The molecule has 2 amide bonds. The molecule has 2 saturated heterocycles. The molecule has 3 atom stereocenters. The molecule has 170 valence electrons. The Balaban J connectivity index is 1.22. The van der Waals surface area contributed by atoms with Crippen LogP contribution in [0.3, 0.4) is 0 Å². The first-order valence-electron chi connectivity index (χ1n) is 10.3. The fraction of sp³-hybridized carbons (Fsp3) is 0.500. The van der Waals surface area contributed by atoms with Gasteiger partial charge >= 0.3 is 5.97 Å². The van der Waals surface area contributed by atoms with Crippen molar-refractivity contribution in [1.29, 1.82) is 0 Å². The summed E-state index contributed by atoms with van der Waals surface area (Å²) in [5, 5.41) is 13.7. The van der Waals surface area contributed by atoms with Crippen LogP contribution in [0.4, 0.5) is 5.13 Å². The maximum absolute atomic E-state index is 12.6. The summed E-state index contributed by atoms with van der Waals surface area (Å²) >= 11 is 13.3. The minimum atomic E-state index is -1.06. The van der Waals surface area contributed by atoms with Gasteiger partial charge in [-0.05, 0) is 13.3 Å². The third-order valence-corrected chi connectivity index (χ3v) is 8.54. The summed E-state index contributed by atoms with van der Waals surface area (Å²) in [4.78, 5) is 47.8. The second-order valence-electron chi connectivity index (χ2n) is 8.47. The molecule has 4 heterocycles. The fourth-order valence-corrected chi connectivity index (χ4v) is 5.79. The number of aromatic nitrogens is 2. The van der Waals surface area contributed by atoms with E-state index in [1.54, 1.807) is 11.8 Å². The number of nitrogens with zero attached hydrogens (tertiary/aromatic N) is 3. The van der Waals surface area contributed by atoms with E-state index < -0.39 is 5.97 Å². The van der Waals surface area contributed by atoms with Crippen LogP contribution < -0.4 is 10.2 Å². The maximum atomic E-state index is 12.6. The van der Waals surface area contributed by atoms with Crippen LogP contribution in [0.5, 0.6) is 0 Å². The van der Waals surface area contributed by atoms with Gasteiger partial charge in [0, 0.05) is 49.8 Å². The summed E-state index contributed by atoms with van der Waals surface area (Å²) in [6.07, 6.45) is 0.993. The fourth-order valence-electron chi connectivity index (χ4n) is 4.43. The number of hydrogen-bond donors (Lipinski definition) is 3. The lowest BCUT2D eigenvalue weighted by Gasteiger charge is -2.30. The number of likely N-dealkylation sites (tertiary alicyclic amines) is 1. The Labute approximate surface area is 197 Å². The van der Waals surface area contributed by atoms with Gasteiger partial charge in [-0.2, -0.15) is 0 Å². The minimum absolute atomic E-state index is 0.0103. The molecule has 0 bridgehead atoms. The average molecular weight is 498 g/mol. The number of aryl methyl sites for hydroxylation is 1. The Morgan fingerprint density at radius 2 is 1.91 bits per heavy atom. The predicted octanol–water partition coefficient (Wildman–Crippen LogP) is 2.42. The second-order valence-corrected chi connectivity index (χ2v) is 10.2. The Morgan fingerprint density at radius 1 is 1.22 bits per heavy atom. The number of amides is 2. The molecule has 2 aromatic heterocycles. The number of carbonyl (C=O) groups excluding carboxylic acids is 2. The van der Waals surface area contributed by atoms with E-state index in [1.165, 1.54) is 0 Å². The molecule has 0 aromatic carbocycles. The van der Waals surface area contributed by atoms with Gasteiger partial charge in [-0.15, -0.1) is 0 Å². The van der Waals surface area contributed by atoms with Crippen molar-refractivity contribution in [3.63, 3.8) is 0 Å². The Kier molecular flexibility index (Phi) is 5.34. The maximum Gasteiger partial charge on any atom is 0.347 e. The highest BCUT2D eigenvalue weighted by atomic mass is 35.5. The molecule has 9 nitrogen and oxygen atoms in total. The molecule has 1 aliphatic carbocycles. The molecule has 3 fully saturated rings. The van der Waals surface area contributed by atoms with Gasteiger partial charge in [-0.25, -0.2) is 9.78 Å². The Hall–Kier alpha value is -2.30. The highest BCUT2D eigenvalue weighted by molar-refractivity contribution is 7.17. The molecule has 5 rings (SSSR count). The number of rotatable bonds is 6. The number of H-pyrrole nitrogens is 1. The zero-order valence-corrected chi connectivity index (χ0v) is 19.5. The zero-order valence-electron chi connectivity index (χ0n) is 17.2. The third-order valence-electron chi connectivity index (χ3n) is 6.45. The number of halogens is 2. The van der Waals surface area contributed by atoms with Crippen LogP contribution in [0.2, 0.25) is 10.0 Å². The van der Waals surface area contributed by atoms with Gasteiger partial charge < -0.3 is 25.2 Å². The van der Waals surface area contributed by atoms with Crippen molar-refractivity contribution in [2.75, 3.05) is 31.1 Å². The highest BCUT2D eigenvalue weighted by Crippen LogP contribution is 2.48. The summed E-state index contributed by atoms with van der Waals surface area (Å²) in [6, 6.07) is 0.0311. The van der Waals surface area contributed by atoms with Crippen LogP contribution >= 0.6 is 34.5 Å². The standard InChI is InChI=1S/C20H21Cl2N5O4S/c1-8-13(21)14(22)16(23-8)18(29)25-15-9-6-27(7-10(9)15)20-24-11(17(32-20)19(30)31)5-12(28)26-3-2-4-26/h9-10,15,23H,2-7H2,1H3,(H,25,29)(H,30,31)/t9-,10+,15?. The number of piperidine rings is 1. The van der Waals surface area contributed by atoms with Gasteiger partial charge in [0.25, 0.3) is 5.91 Å². The van der Waals surface area contributed by atoms with Crippen LogP contribution in [0.1, 0.15) is 38.0 Å². The molecule has 32 heavy (non-hydrogen) atoms. The van der Waals surface area contributed by atoms with Gasteiger partial charge in [0.15, 0.2) is 5.13 Å². The van der Waals surface area contributed by atoms with Gasteiger partial charge in [-0.1, -0.05) is 34.5 Å². The molecule has 1 saturated carbocycles. The van der Waals surface area contributed by atoms with E-state index in [-0.39, 0.29) is 51.7 Å². The first-order chi connectivity index (χ1) is 15.2. The predicted molar refractivity (Wildman–Crippen MR) is 120 cm³/mol. The van der Waals surface area contributed by atoms with E-state index in [1.807, 2.05) is 4.90 Å². The number of carboxylic acid groups (broad SMARTS) is 1. The number of aromatic carboxylic acids is 1. The van der Waals surface area contributed by atoms with Gasteiger partial charge in [0.2, 0.25) is 5.91 Å². The number of fused-ring (bicyclic) bond motifs is 1. The minimum Gasteiger partial charge on any atom is -0.477 e. The molecule has 12 heteroatoms. The summed E-state index contributed by atoms with van der Waals surface area (Å²) in [5.74, 6) is -0.919. The smallest absolute Gasteiger partial charge is 0.347 e. The van der Waals surface area contributed by atoms with Crippen molar-refractivity contribution in [2.45, 2.75) is 25.8 Å². The quantitative estimate of drug-likeness (QED) is 0.563. The van der Waals surface area contributed by atoms with E-state index in [4.69, 9.17) is 23.2 Å². The van der Waals surface area contributed by atoms with Crippen molar-refractivity contribution in [3.8, 4) is 0 Å². The van der Waals surface area contributed by atoms with Gasteiger partial charge in [0.1, 0.15) is 10.6 Å². The lowest BCUT2D eigenvalue weighted by Crippen LogP contribution is -2.43. The molecule has 0 radical (unpaired) electrons. The monoisotopic (exact) mass is 497 g/mol. The van der Waals surface area contributed by atoms with Gasteiger partial charge in [0.05, 0.1) is 22.2 Å². The van der Waals surface area contributed by atoms with Crippen molar-refractivity contribution in [3.05, 3.63) is 32.0 Å². The van der Waals surface area contributed by atoms with E-state index in [0.29, 0.717) is 34.6 Å². The highest BCUT2D eigenvalue weighted by Gasteiger charge is 2.57. The topological polar surface area (TPSA) is 119 Å². The normalized spacial score (nSPS) is 23.7. The SMILES string of the molecule is Cc1[nH]c(C(=O)NC2[C@H]3CN(c4nc(CC(=O)N5CCC5)c(C(=O)O)s4)C[C@@H]23)c(Cl)c1Cl. The molecular weight excluding hydrogens is 477 g/mol. The van der Waals surface area contributed by atoms with Crippen LogP contribution in [0.15, 0.2) is 0 Å². The van der Waals surface area contributed by atoms with Crippen LogP contribution in [-0.4, -0.2) is 70.0 Å². The first kappa shape index (κ1) is 21.5. The number of nitrogens with one attached hydrogen (secondary N) is 2. The molecule has 3 aliphatic rings. The second kappa shape index (κ2) is 7.93. The zero-order chi connectivity index (χ0) is 22.7. The van der Waals surface area contributed by atoms with Crippen LogP contribution in [0.25, 0.3) is 0 Å². The molecule has 0 spiro atoms. The third kappa shape index (κ3) is 3.64. The molecule has 3 N–H and O–H groups in total. The van der Waals surface area contributed by atoms with Crippen molar-refractivity contribution in [1.82, 2.24) is 20.2 Å². The largest absolute Gasteiger partial charge is 0.477 e. The number of hydrogen-bond acceptors (Lipinski definition) is 6. The summed E-state index contributed by atoms with van der Waals surface area (Å²) in [7, 11) is 0. The first-order valence-corrected chi connectivity index (χ1v) is 11.9. The van der Waals surface area contributed by atoms with Crippen molar-refractivity contribution >= 4 is 57.5 Å². The van der Waals surface area contributed by atoms with Crippen LogP contribution in [-0.2, 0) is 11.2 Å². The van der Waals surface area contributed by atoms with Crippen LogP contribution in [0, 0.1) is 18.8 Å². The molecule has 2 aromatic rings. The Morgan fingerprint density at radius 3 is 2.44 bits per heavy atom. The van der Waals surface area contributed by atoms with E-state index in [0.717, 1.165) is 30.8 Å². The number of anilines is 1. The number of carboxylic acids is 1. The number of thiazole rings is 1. The average Bonchev–Trinajstić information content (AvgIpc) is 3.08. The number of carbonyl (C=O) groups is 3. The van der Waals surface area contributed by atoms with Crippen molar-refractivity contribution in [2.24, 2.45) is 11.8 Å². The molecule has 2 aliphatic heterocycles. The van der Waals surface area contributed by atoms with Gasteiger partial charge in [-0.3, -0.25) is 9.59 Å². The lowest BCUT2D eigenvalue weighted by atomic mass is 10.1. The van der Waals surface area contributed by atoms with E-state index in [2.05, 4.69) is 15.3 Å².